The molecule has 1 aromatic rings. The van der Waals surface area contributed by atoms with Gasteiger partial charge in [0.15, 0.2) is 0 Å². The molecule has 0 saturated heterocycles. The molecule has 1 N–H and O–H groups in total. The van der Waals surface area contributed by atoms with Crippen LogP contribution in [0.15, 0.2) is 0 Å². The van der Waals surface area contributed by atoms with Crippen LogP contribution in [-0.4, -0.2) is 26.5 Å². The minimum Gasteiger partial charge on any atom is -0.480 e. The van der Waals surface area contributed by atoms with E-state index in [1.807, 2.05) is 6.92 Å². The summed E-state index contributed by atoms with van der Waals surface area (Å²) in [5.41, 5.74) is 0. The molecule has 0 aliphatic heterocycles. The molecular weight excluding hydrogens is 244 g/mol. The van der Waals surface area contributed by atoms with Gasteiger partial charge in [-0.15, -0.1) is 22.0 Å². The van der Waals surface area contributed by atoms with Crippen LogP contribution in [0.4, 0.5) is 0 Å². The molecule has 0 aromatic carbocycles. The number of carbonyl (C=O) groups is 1. The third-order valence-electron chi connectivity index (χ3n) is 1.50. The van der Waals surface area contributed by atoms with Gasteiger partial charge < -0.3 is 5.11 Å². The van der Waals surface area contributed by atoms with Crippen molar-refractivity contribution in [3.05, 3.63) is 9.47 Å². The fourth-order valence-corrected chi connectivity index (χ4v) is 2.71. The first-order chi connectivity index (χ1) is 6.63. The molecule has 4 nitrogen and oxygen atoms in total. The van der Waals surface area contributed by atoms with E-state index >= 15 is 0 Å². The van der Waals surface area contributed by atoms with Gasteiger partial charge in [-0.3, -0.25) is 4.79 Å². The number of aromatic nitrogens is 2. The predicted molar refractivity (Wildman–Crippen MR) is 57.9 cm³/mol. The third kappa shape index (κ3) is 3.43. The second-order valence-electron chi connectivity index (χ2n) is 2.49. The van der Waals surface area contributed by atoms with Gasteiger partial charge in [0.1, 0.15) is 10.3 Å². The van der Waals surface area contributed by atoms with E-state index in [0.29, 0.717) is 16.6 Å². The molecule has 0 radical (unpaired) electrons. The van der Waals surface area contributed by atoms with Crippen LogP contribution in [0.2, 0.25) is 4.47 Å². The Morgan fingerprint density at radius 2 is 2.43 bits per heavy atom. The van der Waals surface area contributed by atoms with E-state index < -0.39 is 5.97 Å². The molecular formula is C7H9ClN2O2S2. The van der Waals surface area contributed by atoms with Crippen molar-refractivity contribution in [3.63, 3.8) is 0 Å². The molecule has 7 heteroatoms. The highest BCUT2D eigenvalue weighted by molar-refractivity contribution is 7.99. The molecule has 1 rings (SSSR count). The van der Waals surface area contributed by atoms with Crippen LogP contribution in [0.5, 0.6) is 0 Å². The third-order valence-corrected chi connectivity index (χ3v) is 4.08. The first-order valence-corrected chi connectivity index (χ1v) is 6.20. The van der Waals surface area contributed by atoms with Crippen molar-refractivity contribution in [2.75, 3.05) is 0 Å². The van der Waals surface area contributed by atoms with Crippen LogP contribution in [0.1, 0.15) is 18.4 Å². The monoisotopic (exact) mass is 252 g/mol. The van der Waals surface area contributed by atoms with Gasteiger partial charge in [-0.1, -0.05) is 18.3 Å². The average molecular weight is 253 g/mol. The standard InChI is InChI=1S/C7H9ClN2O2S2/c1-2-4(6(11)12)13-3-5-9-10-7(8)14-5/h4H,2-3H2,1H3,(H,11,12). The molecule has 0 bridgehead atoms. The maximum Gasteiger partial charge on any atom is 0.316 e. The van der Waals surface area contributed by atoms with E-state index in [0.717, 1.165) is 5.01 Å². The molecule has 0 aliphatic carbocycles. The molecule has 1 aromatic heterocycles. The maximum absolute atomic E-state index is 10.7. The highest BCUT2D eigenvalue weighted by Crippen LogP contribution is 2.24. The molecule has 14 heavy (non-hydrogen) atoms. The van der Waals surface area contributed by atoms with E-state index in [9.17, 15) is 4.79 Å². The molecule has 0 spiro atoms. The molecule has 0 fully saturated rings. The highest BCUT2D eigenvalue weighted by Gasteiger charge is 2.16. The van der Waals surface area contributed by atoms with E-state index in [4.69, 9.17) is 16.7 Å². The van der Waals surface area contributed by atoms with Crippen LogP contribution >= 0.6 is 34.7 Å². The molecule has 78 valence electrons. The SMILES string of the molecule is CCC(SCc1nnc(Cl)s1)C(=O)O. The lowest BCUT2D eigenvalue weighted by molar-refractivity contribution is -0.136. The summed E-state index contributed by atoms with van der Waals surface area (Å²) in [7, 11) is 0. The number of hydrogen-bond donors (Lipinski definition) is 1. The number of nitrogens with zero attached hydrogens (tertiary/aromatic N) is 2. The number of halogens is 1. The Morgan fingerprint density at radius 1 is 1.71 bits per heavy atom. The zero-order valence-corrected chi connectivity index (χ0v) is 9.82. The zero-order chi connectivity index (χ0) is 10.6. The van der Waals surface area contributed by atoms with Gasteiger partial charge in [0.25, 0.3) is 0 Å². The summed E-state index contributed by atoms with van der Waals surface area (Å²) < 4.78 is 0.393. The van der Waals surface area contributed by atoms with Crippen LogP contribution in [-0.2, 0) is 10.5 Å². The summed E-state index contributed by atoms with van der Waals surface area (Å²) in [5, 5.41) is 16.6. The number of carboxylic acid groups (broad SMARTS) is 1. The summed E-state index contributed by atoms with van der Waals surface area (Å²) in [5.74, 6) is -0.233. The first kappa shape index (κ1) is 11.7. The molecule has 1 heterocycles. The van der Waals surface area contributed by atoms with Gasteiger partial charge in [0.2, 0.25) is 4.47 Å². The van der Waals surface area contributed by atoms with Crippen LogP contribution in [0, 0.1) is 0 Å². The second-order valence-corrected chi connectivity index (χ2v) is 5.33. The van der Waals surface area contributed by atoms with Gasteiger partial charge in [-0.25, -0.2) is 0 Å². The van der Waals surface area contributed by atoms with Crippen molar-refractivity contribution < 1.29 is 9.90 Å². The Hall–Kier alpha value is -0.330. The summed E-state index contributed by atoms with van der Waals surface area (Å²) in [4.78, 5) is 10.7. The molecule has 0 amide bonds. The van der Waals surface area contributed by atoms with E-state index in [1.54, 1.807) is 0 Å². The number of thioether (sulfide) groups is 1. The first-order valence-electron chi connectivity index (χ1n) is 3.95. The van der Waals surface area contributed by atoms with Gasteiger partial charge in [0, 0.05) is 5.75 Å². The van der Waals surface area contributed by atoms with Crippen LogP contribution in [0.25, 0.3) is 0 Å². The normalized spacial score (nSPS) is 12.7. The fourth-order valence-electron chi connectivity index (χ4n) is 0.827. The summed E-state index contributed by atoms with van der Waals surface area (Å²) >= 11 is 8.22. The summed E-state index contributed by atoms with van der Waals surface area (Å²) in [6.45, 7) is 1.85. The number of hydrogen-bond acceptors (Lipinski definition) is 5. The minimum absolute atomic E-state index is 0.377. The predicted octanol–water partition coefficient (Wildman–Crippen LogP) is 2.29. The van der Waals surface area contributed by atoms with E-state index in [2.05, 4.69) is 10.2 Å². The lowest BCUT2D eigenvalue weighted by Gasteiger charge is -2.06. The van der Waals surface area contributed by atoms with E-state index in [-0.39, 0.29) is 5.25 Å². The largest absolute Gasteiger partial charge is 0.480 e. The van der Waals surface area contributed by atoms with Crippen molar-refractivity contribution in [2.24, 2.45) is 0 Å². The van der Waals surface area contributed by atoms with Gasteiger partial charge >= 0.3 is 5.97 Å². The minimum atomic E-state index is -0.784. The van der Waals surface area contributed by atoms with Crippen molar-refractivity contribution in [2.45, 2.75) is 24.3 Å². The molecule has 0 aliphatic rings. The lowest BCUT2D eigenvalue weighted by atomic mass is 10.3. The highest BCUT2D eigenvalue weighted by atomic mass is 35.5. The van der Waals surface area contributed by atoms with Crippen LogP contribution in [0.3, 0.4) is 0 Å². The topological polar surface area (TPSA) is 63.1 Å². The maximum atomic E-state index is 10.7. The van der Waals surface area contributed by atoms with E-state index in [1.165, 1.54) is 23.1 Å². The second kappa shape index (κ2) is 5.53. The number of rotatable bonds is 5. The van der Waals surface area contributed by atoms with Gasteiger partial charge in [-0.05, 0) is 18.0 Å². The molecule has 0 saturated carbocycles. The average Bonchev–Trinajstić information content (AvgIpc) is 2.52. The van der Waals surface area contributed by atoms with Gasteiger partial charge in [0.05, 0.1) is 0 Å². The van der Waals surface area contributed by atoms with Crippen molar-refractivity contribution in [1.29, 1.82) is 0 Å². The summed E-state index contributed by atoms with van der Waals surface area (Å²) in [6.07, 6.45) is 0.604. The van der Waals surface area contributed by atoms with Crippen molar-refractivity contribution >= 4 is 40.7 Å². The lowest BCUT2D eigenvalue weighted by Crippen LogP contribution is -2.14. The number of carboxylic acids is 1. The Morgan fingerprint density at radius 3 is 2.86 bits per heavy atom. The van der Waals surface area contributed by atoms with Crippen molar-refractivity contribution in [3.8, 4) is 0 Å². The number of aliphatic carboxylic acids is 1. The quantitative estimate of drug-likeness (QED) is 0.871. The Labute approximate surface area is 94.7 Å². The zero-order valence-electron chi connectivity index (χ0n) is 7.44. The molecule has 1 atom stereocenters. The van der Waals surface area contributed by atoms with Gasteiger partial charge in [-0.2, -0.15) is 0 Å². The Bertz CT molecular complexity index is 318. The smallest absolute Gasteiger partial charge is 0.316 e. The fraction of sp³-hybridized carbons (Fsp3) is 0.571. The van der Waals surface area contributed by atoms with Crippen molar-refractivity contribution in [1.82, 2.24) is 10.2 Å². The molecule has 1 unspecified atom stereocenters. The van der Waals surface area contributed by atoms with Crippen LogP contribution < -0.4 is 0 Å². The Kier molecular flexibility index (Phi) is 4.64. The Balaban J connectivity index is 2.43. The summed E-state index contributed by atoms with van der Waals surface area (Å²) in [6, 6.07) is 0.